The number of likely N-dealkylation sites (N-methyl/N-ethyl adjacent to an activating group) is 1. The lowest BCUT2D eigenvalue weighted by atomic mass is 10.2. The molecule has 1 amide bonds. The maximum atomic E-state index is 13.1. The molecule has 2 aromatic carbocycles. The van der Waals surface area contributed by atoms with Gasteiger partial charge in [-0.1, -0.05) is 19.1 Å². The van der Waals surface area contributed by atoms with Gasteiger partial charge in [0.25, 0.3) is 5.91 Å². The number of imidazole rings is 1. The van der Waals surface area contributed by atoms with Gasteiger partial charge in [-0.15, -0.1) is 11.3 Å². The second kappa shape index (κ2) is 9.15. The van der Waals surface area contributed by atoms with Crippen LogP contribution in [0.15, 0.2) is 48.5 Å². The van der Waals surface area contributed by atoms with E-state index in [1.807, 2.05) is 11.0 Å². The van der Waals surface area contributed by atoms with Crippen molar-refractivity contribution in [2.24, 2.45) is 7.05 Å². The largest absolute Gasteiger partial charge is 0.364 e. The zero-order valence-electron chi connectivity index (χ0n) is 19.6. The van der Waals surface area contributed by atoms with Crippen LogP contribution in [-0.4, -0.2) is 65.0 Å². The first kappa shape index (κ1) is 21.9. The summed E-state index contributed by atoms with van der Waals surface area (Å²) in [4.78, 5) is 25.4. The number of hydrogen-bond acceptors (Lipinski definition) is 5. The number of carbonyl (C=O) groups excluding carboxylic acids is 1. The van der Waals surface area contributed by atoms with Gasteiger partial charge in [0.05, 0.1) is 22.5 Å². The number of thiophene rings is 1. The average Bonchev–Trinajstić information content (AvgIpc) is 3.39. The van der Waals surface area contributed by atoms with E-state index >= 15 is 0 Å². The number of anilines is 1. The fourth-order valence-electron chi connectivity index (χ4n) is 4.58. The Morgan fingerprint density at radius 1 is 1.06 bits per heavy atom. The van der Waals surface area contributed by atoms with Gasteiger partial charge >= 0.3 is 0 Å². The molecule has 0 saturated carbocycles. The first-order chi connectivity index (χ1) is 16.0. The summed E-state index contributed by atoms with van der Waals surface area (Å²) in [6, 6.07) is 16.9. The van der Waals surface area contributed by atoms with Gasteiger partial charge in [-0.05, 0) is 55.3 Å². The molecule has 2 aromatic heterocycles. The third-order valence-corrected chi connectivity index (χ3v) is 7.68. The van der Waals surface area contributed by atoms with Gasteiger partial charge in [-0.3, -0.25) is 4.79 Å². The zero-order valence-corrected chi connectivity index (χ0v) is 20.4. The van der Waals surface area contributed by atoms with E-state index in [-0.39, 0.29) is 5.91 Å². The summed E-state index contributed by atoms with van der Waals surface area (Å²) in [7, 11) is 4.20. The van der Waals surface area contributed by atoms with Crippen LogP contribution in [0.4, 0.5) is 5.69 Å². The van der Waals surface area contributed by atoms with Crippen LogP contribution in [-0.2, 0) is 13.6 Å². The predicted octanol–water partition coefficient (Wildman–Crippen LogP) is 4.59. The van der Waals surface area contributed by atoms with E-state index in [0.29, 0.717) is 0 Å². The number of fused-ring (bicyclic) bond motifs is 2. The van der Waals surface area contributed by atoms with Crippen molar-refractivity contribution >= 4 is 44.1 Å². The molecule has 1 fully saturated rings. The quantitative estimate of drug-likeness (QED) is 0.421. The van der Waals surface area contributed by atoms with Gasteiger partial charge in [-0.2, -0.15) is 0 Å². The van der Waals surface area contributed by atoms with E-state index in [1.165, 1.54) is 5.69 Å². The maximum absolute atomic E-state index is 13.1. The molecule has 1 aliphatic heterocycles. The van der Waals surface area contributed by atoms with Crippen molar-refractivity contribution in [3.8, 4) is 0 Å². The van der Waals surface area contributed by atoms with Crippen LogP contribution in [0.25, 0.3) is 21.1 Å². The zero-order chi connectivity index (χ0) is 22.9. The van der Waals surface area contributed by atoms with Crippen LogP contribution in [0.5, 0.6) is 0 Å². The lowest BCUT2D eigenvalue weighted by Crippen LogP contribution is -2.46. The topological polar surface area (TPSA) is 44.6 Å². The Bertz CT molecular complexity index is 1280. The van der Waals surface area contributed by atoms with Gasteiger partial charge in [-0.25, -0.2) is 4.98 Å². The molecule has 33 heavy (non-hydrogen) atoms. The predicted molar refractivity (Wildman–Crippen MR) is 137 cm³/mol. The van der Waals surface area contributed by atoms with Crippen molar-refractivity contribution in [3.05, 3.63) is 59.2 Å². The summed E-state index contributed by atoms with van der Waals surface area (Å²) < 4.78 is 3.35. The Morgan fingerprint density at radius 3 is 2.61 bits per heavy atom. The molecule has 0 spiro atoms. The minimum absolute atomic E-state index is 0.163. The third kappa shape index (κ3) is 4.35. The lowest BCUT2D eigenvalue weighted by Gasteiger charge is -2.32. The molecule has 6 nitrogen and oxygen atoms in total. The highest BCUT2D eigenvalue weighted by molar-refractivity contribution is 7.20. The number of piperazine rings is 1. The van der Waals surface area contributed by atoms with Crippen molar-refractivity contribution < 1.29 is 4.79 Å². The Balaban J connectivity index is 1.41. The van der Waals surface area contributed by atoms with E-state index in [9.17, 15) is 4.79 Å². The molecule has 3 heterocycles. The molecule has 0 unspecified atom stereocenters. The molecule has 4 aromatic rings. The van der Waals surface area contributed by atoms with Gasteiger partial charge in [0.15, 0.2) is 0 Å². The van der Waals surface area contributed by atoms with E-state index in [2.05, 4.69) is 77.9 Å². The number of carbonyl (C=O) groups is 1. The summed E-state index contributed by atoms with van der Waals surface area (Å²) in [6.45, 7) is 7.39. The van der Waals surface area contributed by atoms with Gasteiger partial charge in [0.1, 0.15) is 5.82 Å². The molecule has 0 aliphatic carbocycles. The molecule has 5 rings (SSSR count). The minimum atomic E-state index is 0.163. The number of para-hydroxylation sites is 2. The molecule has 0 radical (unpaired) electrons. The Labute approximate surface area is 199 Å². The van der Waals surface area contributed by atoms with Crippen LogP contribution in [0.1, 0.15) is 28.8 Å². The van der Waals surface area contributed by atoms with Crippen LogP contribution in [0.2, 0.25) is 0 Å². The number of nitrogens with zero attached hydrogens (tertiary/aromatic N) is 5. The molecule has 0 atom stereocenters. The Hall–Kier alpha value is -2.90. The monoisotopic (exact) mass is 461 g/mol. The van der Waals surface area contributed by atoms with Crippen molar-refractivity contribution in [1.82, 2.24) is 19.4 Å². The fourth-order valence-corrected chi connectivity index (χ4v) is 5.59. The van der Waals surface area contributed by atoms with E-state index in [1.54, 1.807) is 11.3 Å². The number of aromatic nitrogens is 2. The summed E-state index contributed by atoms with van der Waals surface area (Å²) in [6.07, 6.45) is 1.05. The second-order valence-electron chi connectivity index (χ2n) is 8.93. The normalized spacial score (nSPS) is 14.9. The first-order valence-electron chi connectivity index (χ1n) is 11.7. The van der Waals surface area contributed by atoms with E-state index in [0.717, 1.165) is 77.5 Å². The molecule has 172 valence electrons. The average molecular weight is 462 g/mol. The number of hydrogen-bond donors (Lipinski definition) is 0. The fraction of sp³-hybridized carbons (Fsp3) is 0.385. The van der Waals surface area contributed by atoms with E-state index < -0.39 is 0 Å². The lowest BCUT2D eigenvalue weighted by molar-refractivity contribution is 0.0669. The van der Waals surface area contributed by atoms with Gasteiger partial charge in [0, 0.05) is 50.2 Å². The molecular weight excluding hydrogens is 430 g/mol. The highest BCUT2D eigenvalue weighted by Gasteiger charge is 2.22. The SMILES string of the molecule is CCCN(Cc1nc2ccccc2n1C)c1ccc2sc(C(=O)N3CCN(C)CC3)cc2c1. The summed E-state index contributed by atoms with van der Waals surface area (Å²) >= 11 is 1.60. The third-order valence-electron chi connectivity index (χ3n) is 6.57. The van der Waals surface area contributed by atoms with Crippen LogP contribution in [0, 0.1) is 0 Å². The van der Waals surface area contributed by atoms with Crippen molar-refractivity contribution in [2.75, 3.05) is 44.7 Å². The number of aryl methyl sites for hydroxylation is 1. The first-order valence-corrected chi connectivity index (χ1v) is 12.5. The standard InChI is InChI=1S/C26H31N5OS/c1-4-11-31(18-25-27-21-7-5-6-8-22(21)29(25)3)20-9-10-23-19(16-20)17-24(33-23)26(32)30-14-12-28(2)13-15-30/h5-10,16-17H,4,11-15,18H2,1-3H3. The van der Waals surface area contributed by atoms with Gasteiger partial charge in [0.2, 0.25) is 0 Å². The number of amides is 1. The van der Waals surface area contributed by atoms with Gasteiger partial charge < -0.3 is 19.3 Å². The smallest absolute Gasteiger partial charge is 0.264 e. The van der Waals surface area contributed by atoms with E-state index in [4.69, 9.17) is 4.98 Å². The maximum Gasteiger partial charge on any atom is 0.264 e. The molecule has 7 heteroatoms. The van der Waals surface area contributed by atoms with Crippen molar-refractivity contribution in [1.29, 1.82) is 0 Å². The van der Waals surface area contributed by atoms with Crippen LogP contribution in [0.3, 0.4) is 0 Å². The highest BCUT2D eigenvalue weighted by Crippen LogP contribution is 2.31. The summed E-state index contributed by atoms with van der Waals surface area (Å²) in [5.41, 5.74) is 3.36. The van der Waals surface area contributed by atoms with Crippen molar-refractivity contribution in [2.45, 2.75) is 19.9 Å². The molecule has 1 aliphatic rings. The summed E-state index contributed by atoms with van der Waals surface area (Å²) in [5, 5.41) is 1.14. The summed E-state index contributed by atoms with van der Waals surface area (Å²) in [5.74, 6) is 1.22. The number of rotatable bonds is 6. The molecule has 0 bridgehead atoms. The highest BCUT2D eigenvalue weighted by atomic mass is 32.1. The van der Waals surface area contributed by atoms with Crippen LogP contribution >= 0.6 is 11.3 Å². The molecule has 1 saturated heterocycles. The second-order valence-corrected chi connectivity index (χ2v) is 10.0. The van der Waals surface area contributed by atoms with Crippen molar-refractivity contribution in [3.63, 3.8) is 0 Å². The Kier molecular flexibility index (Phi) is 6.08. The molecular formula is C26H31N5OS. The Morgan fingerprint density at radius 2 is 1.85 bits per heavy atom. The molecule has 0 N–H and O–H groups in total. The minimum Gasteiger partial charge on any atom is -0.364 e. The van der Waals surface area contributed by atoms with Crippen LogP contribution < -0.4 is 4.90 Å². The number of benzene rings is 2.